The highest BCUT2D eigenvalue weighted by atomic mass is 79.9. The zero-order chi connectivity index (χ0) is 14.2. The summed E-state index contributed by atoms with van der Waals surface area (Å²) in [4.78, 5) is 4.82. The number of fused-ring (bicyclic) bond motifs is 1. The lowest BCUT2D eigenvalue weighted by atomic mass is 9.95. The second-order valence-electron chi connectivity index (χ2n) is 5.29. The first-order valence-electron chi connectivity index (χ1n) is 6.79. The van der Waals surface area contributed by atoms with E-state index in [0.717, 1.165) is 22.2 Å². The number of halogens is 1. The lowest BCUT2D eigenvalue weighted by Crippen LogP contribution is -2.07. The standard InChI is InChI=1S/C16H21BrN2/c1-6-18-16-13-8-12(17)7-10(4)15(13)19-11(5)14(16)9(2)3/h7-9H,6H2,1-5H3,(H,18,19). The Kier molecular flexibility index (Phi) is 4.14. The van der Waals surface area contributed by atoms with Crippen LogP contribution in [0.2, 0.25) is 0 Å². The number of aromatic nitrogens is 1. The number of anilines is 1. The van der Waals surface area contributed by atoms with Gasteiger partial charge in [-0.3, -0.25) is 4.98 Å². The van der Waals surface area contributed by atoms with Crippen LogP contribution in [0.1, 0.15) is 43.5 Å². The van der Waals surface area contributed by atoms with Crippen molar-refractivity contribution in [2.75, 3.05) is 11.9 Å². The zero-order valence-electron chi connectivity index (χ0n) is 12.3. The minimum atomic E-state index is 0.463. The van der Waals surface area contributed by atoms with Gasteiger partial charge < -0.3 is 5.32 Å². The fourth-order valence-corrected chi connectivity index (χ4v) is 3.27. The number of nitrogens with one attached hydrogen (secondary N) is 1. The lowest BCUT2D eigenvalue weighted by molar-refractivity contribution is 0.847. The Morgan fingerprint density at radius 3 is 2.53 bits per heavy atom. The predicted octanol–water partition coefficient (Wildman–Crippen LogP) is 5.17. The molecule has 19 heavy (non-hydrogen) atoms. The van der Waals surface area contributed by atoms with Crippen LogP contribution in [-0.2, 0) is 0 Å². The highest BCUT2D eigenvalue weighted by Crippen LogP contribution is 2.36. The maximum absolute atomic E-state index is 4.82. The first kappa shape index (κ1) is 14.3. The lowest BCUT2D eigenvalue weighted by Gasteiger charge is -2.20. The maximum Gasteiger partial charge on any atom is 0.0756 e. The van der Waals surface area contributed by atoms with Crippen LogP contribution in [-0.4, -0.2) is 11.5 Å². The van der Waals surface area contributed by atoms with E-state index in [2.05, 4.69) is 68.0 Å². The Hall–Kier alpha value is -1.09. The van der Waals surface area contributed by atoms with E-state index in [1.807, 2.05) is 0 Å². The van der Waals surface area contributed by atoms with Crippen molar-refractivity contribution in [3.05, 3.63) is 33.4 Å². The number of benzene rings is 1. The first-order chi connectivity index (χ1) is 8.95. The molecule has 0 unspecified atom stereocenters. The molecule has 0 spiro atoms. The molecule has 0 fully saturated rings. The molecule has 0 bridgehead atoms. The van der Waals surface area contributed by atoms with Gasteiger partial charge in [-0.25, -0.2) is 0 Å². The molecule has 1 N–H and O–H groups in total. The van der Waals surface area contributed by atoms with Crippen LogP contribution in [0.25, 0.3) is 10.9 Å². The van der Waals surface area contributed by atoms with Crippen molar-refractivity contribution in [1.82, 2.24) is 4.98 Å². The van der Waals surface area contributed by atoms with Gasteiger partial charge in [-0.15, -0.1) is 0 Å². The fourth-order valence-electron chi connectivity index (χ4n) is 2.70. The Morgan fingerprint density at radius 2 is 1.95 bits per heavy atom. The van der Waals surface area contributed by atoms with Crippen molar-refractivity contribution in [2.45, 2.75) is 40.5 Å². The van der Waals surface area contributed by atoms with Gasteiger partial charge in [0.05, 0.1) is 5.52 Å². The van der Waals surface area contributed by atoms with Crippen LogP contribution in [0.3, 0.4) is 0 Å². The van der Waals surface area contributed by atoms with Gasteiger partial charge in [0.2, 0.25) is 0 Å². The molecule has 2 nitrogen and oxygen atoms in total. The number of aryl methyl sites for hydroxylation is 2. The molecule has 0 saturated carbocycles. The topological polar surface area (TPSA) is 24.9 Å². The quantitative estimate of drug-likeness (QED) is 0.843. The number of hydrogen-bond acceptors (Lipinski definition) is 2. The summed E-state index contributed by atoms with van der Waals surface area (Å²) in [5.74, 6) is 0.463. The molecule has 102 valence electrons. The molecule has 2 rings (SSSR count). The third kappa shape index (κ3) is 2.62. The summed E-state index contributed by atoms with van der Waals surface area (Å²) in [7, 11) is 0. The van der Waals surface area contributed by atoms with E-state index in [-0.39, 0.29) is 0 Å². The number of rotatable bonds is 3. The van der Waals surface area contributed by atoms with E-state index in [9.17, 15) is 0 Å². The van der Waals surface area contributed by atoms with Gasteiger partial charge in [0.25, 0.3) is 0 Å². The Labute approximate surface area is 123 Å². The third-order valence-electron chi connectivity index (χ3n) is 3.40. The summed E-state index contributed by atoms with van der Waals surface area (Å²) in [6.45, 7) is 11.7. The smallest absolute Gasteiger partial charge is 0.0756 e. The highest BCUT2D eigenvalue weighted by molar-refractivity contribution is 9.10. The van der Waals surface area contributed by atoms with E-state index < -0.39 is 0 Å². The van der Waals surface area contributed by atoms with Gasteiger partial charge in [0, 0.05) is 27.8 Å². The molecule has 0 saturated heterocycles. The predicted molar refractivity (Wildman–Crippen MR) is 87.2 cm³/mol. The summed E-state index contributed by atoms with van der Waals surface area (Å²) in [5.41, 5.74) is 6.00. The molecule has 1 aromatic heterocycles. The maximum atomic E-state index is 4.82. The zero-order valence-corrected chi connectivity index (χ0v) is 13.9. The largest absolute Gasteiger partial charge is 0.384 e. The van der Waals surface area contributed by atoms with Gasteiger partial charge in [0.1, 0.15) is 0 Å². The minimum Gasteiger partial charge on any atom is -0.384 e. The SMILES string of the molecule is CCNc1c(C(C)C)c(C)nc2c(C)cc(Br)cc12. The minimum absolute atomic E-state index is 0.463. The van der Waals surface area contributed by atoms with Gasteiger partial charge in [0.15, 0.2) is 0 Å². The van der Waals surface area contributed by atoms with E-state index in [4.69, 9.17) is 4.98 Å². The monoisotopic (exact) mass is 320 g/mol. The van der Waals surface area contributed by atoms with Crippen LogP contribution in [0.4, 0.5) is 5.69 Å². The van der Waals surface area contributed by atoms with Crippen molar-refractivity contribution in [3.8, 4) is 0 Å². The summed E-state index contributed by atoms with van der Waals surface area (Å²) < 4.78 is 1.11. The van der Waals surface area contributed by atoms with Crippen LogP contribution >= 0.6 is 15.9 Å². The highest BCUT2D eigenvalue weighted by Gasteiger charge is 2.16. The second kappa shape index (κ2) is 5.49. The van der Waals surface area contributed by atoms with Gasteiger partial charge >= 0.3 is 0 Å². The van der Waals surface area contributed by atoms with Gasteiger partial charge in [-0.1, -0.05) is 29.8 Å². The molecule has 0 aliphatic carbocycles. The van der Waals surface area contributed by atoms with E-state index in [1.54, 1.807) is 0 Å². The summed E-state index contributed by atoms with van der Waals surface area (Å²) in [6, 6.07) is 4.29. The molecule has 0 aliphatic rings. The Bertz CT molecular complexity index is 618. The Morgan fingerprint density at radius 1 is 1.26 bits per heavy atom. The first-order valence-corrected chi connectivity index (χ1v) is 7.59. The van der Waals surface area contributed by atoms with Crippen LogP contribution < -0.4 is 5.32 Å². The van der Waals surface area contributed by atoms with Gasteiger partial charge in [-0.05, 0) is 49.9 Å². The van der Waals surface area contributed by atoms with Gasteiger partial charge in [-0.2, -0.15) is 0 Å². The Balaban J connectivity index is 2.89. The normalized spacial score (nSPS) is 11.3. The van der Waals surface area contributed by atoms with Crippen molar-refractivity contribution in [3.63, 3.8) is 0 Å². The summed E-state index contributed by atoms with van der Waals surface area (Å²) in [5, 5.41) is 4.75. The van der Waals surface area contributed by atoms with Crippen LogP contribution in [0, 0.1) is 13.8 Å². The van der Waals surface area contributed by atoms with Crippen molar-refractivity contribution >= 4 is 32.5 Å². The average Bonchev–Trinajstić information content (AvgIpc) is 2.30. The number of nitrogens with zero attached hydrogens (tertiary/aromatic N) is 1. The van der Waals surface area contributed by atoms with Crippen molar-refractivity contribution < 1.29 is 0 Å². The fraction of sp³-hybridized carbons (Fsp3) is 0.438. The third-order valence-corrected chi connectivity index (χ3v) is 3.86. The van der Waals surface area contributed by atoms with Crippen molar-refractivity contribution in [2.24, 2.45) is 0 Å². The summed E-state index contributed by atoms with van der Waals surface area (Å²) in [6.07, 6.45) is 0. The average molecular weight is 321 g/mol. The second-order valence-corrected chi connectivity index (χ2v) is 6.21. The van der Waals surface area contributed by atoms with E-state index >= 15 is 0 Å². The molecule has 0 amide bonds. The van der Waals surface area contributed by atoms with Crippen LogP contribution in [0.5, 0.6) is 0 Å². The van der Waals surface area contributed by atoms with E-state index in [0.29, 0.717) is 5.92 Å². The molecule has 1 aromatic carbocycles. The van der Waals surface area contributed by atoms with E-state index in [1.165, 1.54) is 22.2 Å². The molecule has 0 atom stereocenters. The molecule has 0 radical (unpaired) electrons. The molecule has 0 aliphatic heterocycles. The van der Waals surface area contributed by atoms with Crippen LogP contribution in [0.15, 0.2) is 16.6 Å². The molecule has 3 heteroatoms. The number of hydrogen-bond donors (Lipinski definition) is 1. The molecule has 1 heterocycles. The number of pyridine rings is 1. The van der Waals surface area contributed by atoms with Crippen molar-refractivity contribution in [1.29, 1.82) is 0 Å². The molecule has 2 aromatic rings. The molecular formula is C16H21BrN2. The molecular weight excluding hydrogens is 300 g/mol. The summed E-state index contributed by atoms with van der Waals surface area (Å²) >= 11 is 3.59.